The molecule has 1 saturated heterocycles. The van der Waals surface area contributed by atoms with Gasteiger partial charge in [0.1, 0.15) is 12.4 Å². The van der Waals surface area contributed by atoms with Crippen molar-refractivity contribution in [1.29, 1.82) is 0 Å². The molecule has 1 unspecified atom stereocenters. The predicted molar refractivity (Wildman–Crippen MR) is 98.0 cm³/mol. The molecule has 2 aromatic rings. The van der Waals surface area contributed by atoms with Crippen LogP contribution in [-0.2, 0) is 6.61 Å². The topological polar surface area (TPSA) is 55.6 Å². The quantitative estimate of drug-likeness (QED) is 0.870. The van der Waals surface area contributed by atoms with Crippen molar-refractivity contribution < 1.29 is 9.53 Å². The van der Waals surface area contributed by atoms with Crippen LogP contribution in [0.3, 0.4) is 0 Å². The lowest BCUT2D eigenvalue weighted by molar-refractivity contribution is 0.0708. The van der Waals surface area contributed by atoms with Crippen LogP contribution < -0.4 is 10.5 Å². The van der Waals surface area contributed by atoms with E-state index in [1.54, 1.807) is 6.07 Å². The highest BCUT2D eigenvalue weighted by Gasteiger charge is 2.22. The van der Waals surface area contributed by atoms with Gasteiger partial charge in [-0.25, -0.2) is 0 Å². The normalized spacial score (nSPS) is 17.6. The molecule has 1 fully saturated rings. The van der Waals surface area contributed by atoms with Gasteiger partial charge in [0, 0.05) is 34.7 Å². The SMILES string of the molecule is NC1CCCN(C(=O)c2cccc(OCc3ccccc3Br)c2)C1. The Morgan fingerprint density at radius 3 is 2.88 bits per heavy atom. The maximum Gasteiger partial charge on any atom is 0.254 e. The molecule has 4 nitrogen and oxygen atoms in total. The summed E-state index contributed by atoms with van der Waals surface area (Å²) in [6.45, 7) is 1.85. The van der Waals surface area contributed by atoms with Gasteiger partial charge in [-0.1, -0.05) is 40.2 Å². The van der Waals surface area contributed by atoms with Gasteiger partial charge in [0.2, 0.25) is 0 Å². The lowest BCUT2D eigenvalue weighted by Gasteiger charge is -2.30. The minimum Gasteiger partial charge on any atom is -0.489 e. The number of carbonyl (C=O) groups is 1. The van der Waals surface area contributed by atoms with Crippen molar-refractivity contribution in [2.24, 2.45) is 5.73 Å². The number of rotatable bonds is 4. The minimum absolute atomic E-state index is 0.0245. The zero-order valence-corrected chi connectivity index (χ0v) is 15.0. The molecule has 1 aliphatic heterocycles. The van der Waals surface area contributed by atoms with Crippen LogP contribution >= 0.6 is 15.9 Å². The Bertz CT molecular complexity index is 720. The van der Waals surface area contributed by atoms with Gasteiger partial charge >= 0.3 is 0 Å². The second-order valence-corrected chi connectivity index (χ2v) is 6.92. The second kappa shape index (κ2) is 7.81. The number of nitrogens with two attached hydrogens (primary N) is 1. The largest absolute Gasteiger partial charge is 0.489 e. The highest BCUT2D eigenvalue weighted by atomic mass is 79.9. The van der Waals surface area contributed by atoms with Crippen LogP contribution in [0.25, 0.3) is 0 Å². The van der Waals surface area contributed by atoms with Crippen molar-refractivity contribution in [3.63, 3.8) is 0 Å². The first-order valence-electron chi connectivity index (χ1n) is 8.14. The average molecular weight is 389 g/mol. The van der Waals surface area contributed by atoms with Crippen molar-refractivity contribution in [3.8, 4) is 5.75 Å². The summed E-state index contributed by atoms with van der Waals surface area (Å²) in [7, 11) is 0. The lowest BCUT2D eigenvalue weighted by Crippen LogP contribution is -2.45. The number of halogens is 1. The Morgan fingerprint density at radius 2 is 2.08 bits per heavy atom. The first-order valence-corrected chi connectivity index (χ1v) is 8.94. The van der Waals surface area contributed by atoms with Crippen LogP contribution in [0.5, 0.6) is 5.75 Å². The highest BCUT2D eigenvalue weighted by molar-refractivity contribution is 9.10. The molecular weight excluding hydrogens is 368 g/mol. The predicted octanol–water partition coefficient (Wildman–Crippen LogP) is 3.59. The second-order valence-electron chi connectivity index (χ2n) is 6.06. The van der Waals surface area contributed by atoms with Crippen molar-refractivity contribution in [2.45, 2.75) is 25.5 Å². The molecule has 126 valence electrons. The van der Waals surface area contributed by atoms with Gasteiger partial charge in [-0.05, 0) is 37.1 Å². The van der Waals surface area contributed by atoms with E-state index >= 15 is 0 Å². The molecule has 1 amide bonds. The fraction of sp³-hybridized carbons (Fsp3) is 0.316. The molecular formula is C19H21BrN2O2. The standard InChI is InChI=1S/C19H21BrN2O2/c20-18-9-2-1-5-15(18)13-24-17-8-3-6-14(11-17)19(23)22-10-4-7-16(21)12-22/h1-3,5-6,8-9,11,16H,4,7,10,12-13,21H2. The van der Waals surface area contributed by atoms with Gasteiger partial charge in [0.25, 0.3) is 5.91 Å². The summed E-state index contributed by atoms with van der Waals surface area (Å²) in [5, 5.41) is 0. The number of nitrogens with zero attached hydrogens (tertiary/aromatic N) is 1. The molecule has 1 heterocycles. The molecule has 5 heteroatoms. The van der Waals surface area contributed by atoms with E-state index in [-0.39, 0.29) is 11.9 Å². The lowest BCUT2D eigenvalue weighted by atomic mass is 10.1. The number of hydrogen-bond acceptors (Lipinski definition) is 3. The molecule has 0 spiro atoms. The number of amides is 1. The Morgan fingerprint density at radius 1 is 1.25 bits per heavy atom. The van der Waals surface area contributed by atoms with Gasteiger partial charge in [-0.2, -0.15) is 0 Å². The molecule has 0 bridgehead atoms. The molecule has 0 radical (unpaired) electrons. The number of piperidine rings is 1. The first-order chi connectivity index (χ1) is 11.6. The summed E-state index contributed by atoms with van der Waals surface area (Å²) in [4.78, 5) is 14.5. The molecule has 24 heavy (non-hydrogen) atoms. The maximum absolute atomic E-state index is 12.6. The van der Waals surface area contributed by atoms with E-state index in [0.29, 0.717) is 24.5 Å². The number of ether oxygens (including phenoxy) is 1. The summed E-state index contributed by atoms with van der Waals surface area (Å²) in [6.07, 6.45) is 1.95. The molecule has 0 saturated carbocycles. The van der Waals surface area contributed by atoms with Gasteiger partial charge in [-0.15, -0.1) is 0 Å². The molecule has 2 aromatic carbocycles. The Labute approximate surface area is 150 Å². The summed E-state index contributed by atoms with van der Waals surface area (Å²) in [6, 6.07) is 15.4. The minimum atomic E-state index is 0.0245. The van der Waals surface area contributed by atoms with E-state index in [4.69, 9.17) is 10.5 Å². The fourth-order valence-corrected chi connectivity index (χ4v) is 3.27. The first kappa shape index (κ1) is 17.0. The van der Waals surface area contributed by atoms with Gasteiger partial charge in [0.15, 0.2) is 0 Å². The van der Waals surface area contributed by atoms with Gasteiger partial charge in [0.05, 0.1) is 0 Å². The number of hydrogen-bond donors (Lipinski definition) is 1. The Hall–Kier alpha value is -1.85. The number of carbonyl (C=O) groups excluding carboxylic acids is 1. The van der Waals surface area contributed by atoms with Crippen molar-refractivity contribution in [2.75, 3.05) is 13.1 Å². The van der Waals surface area contributed by atoms with Crippen LogP contribution in [-0.4, -0.2) is 29.9 Å². The smallest absolute Gasteiger partial charge is 0.254 e. The summed E-state index contributed by atoms with van der Waals surface area (Å²) in [5.74, 6) is 0.717. The third-order valence-electron chi connectivity index (χ3n) is 4.18. The number of likely N-dealkylation sites (tertiary alicyclic amines) is 1. The van der Waals surface area contributed by atoms with Crippen LogP contribution in [0.2, 0.25) is 0 Å². The van der Waals surface area contributed by atoms with Gasteiger partial charge in [-0.3, -0.25) is 4.79 Å². The van der Waals surface area contributed by atoms with Crippen LogP contribution in [0.4, 0.5) is 0 Å². The Kier molecular flexibility index (Phi) is 5.53. The van der Waals surface area contributed by atoms with Crippen molar-refractivity contribution >= 4 is 21.8 Å². The van der Waals surface area contributed by atoms with E-state index < -0.39 is 0 Å². The molecule has 0 aromatic heterocycles. The van der Waals surface area contributed by atoms with E-state index in [1.165, 1.54) is 0 Å². The summed E-state index contributed by atoms with van der Waals surface area (Å²) < 4.78 is 6.86. The summed E-state index contributed by atoms with van der Waals surface area (Å²) >= 11 is 3.51. The van der Waals surface area contributed by atoms with Gasteiger partial charge < -0.3 is 15.4 Å². The Balaban J connectivity index is 1.67. The third-order valence-corrected chi connectivity index (χ3v) is 4.95. The average Bonchev–Trinajstić information content (AvgIpc) is 2.61. The molecule has 1 aliphatic rings. The highest BCUT2D eigenvalue weighted by Crippen LogP contribution is 2.21. The van der Waals surface area contributed by atoms with E-state index in [9.17, 15) is 4.79 Å². The molecule has 3 rings (SSSR count). The maximum atomic E-state index is 12.6. The zero-order chi connectivity index (χ0) is 16.9. The zero-order valence-electron chi connectivity index (χ0n) is 13.5. The van der Waals surface area contributed by atoms with E-state index in [2.05, 4.69) is 15.9 Å². The van der Waals surface area contributed by atoms with E-state index in [0.717, 1.165) is 29.4 Å². The molecule has 1 atom stereocenters. The molecule has 2 N–H and O–H groups in total. The van der Waals surface area contributed by atoms with Crippen molar-refractivity contribution in [1.82, 2.24) is 4.90 Å². The fourth-order valence-electron chi connectivity index (χ4n) is 2.87. The van der Waals surface area contributed by atoms with Crippen LogP contribution in [0, 0.1) is 0 Å². The molecule has 0 aliphatic carbocycles. The van der Waals surface area contributed by atoms with Crippen molar-refractivity contribution in [3.05, 3.63) is 64.1 Å². The van der Waals surface area contributed by atoms with E-state index in [1.807, 2.05) is 47.4 Å². The number of benzene rings is 2. The van der Waals surface area contributed by atoms with Crippen LogP contribution in [0.15, 0.2) is 53.0 Å². The summed E-state index contributed by atoms with van der Waals surface area (Å²) in [5.41, 5.74) is 7.69. The third kappa shape index (κ3) is 4.16. The van der Waals surface area contributed by atoms with Crippen LogP contribution in [0.1, 0.15) is 28.8 Å². The monoisotopic (exact) mass is 388 g/mol.